The zero-order valence-electron chi connectivity index (χ0n) is 7.86. The van der Waals surface area contributed by atoms with E-state index in [2.05, 4.69) is 20.0 Å². The summed E-state index contributed by atoms with van der Waals surface area (Å²) in [5.41, 5.74) is 0.873. The van der Waals surface area contributed by atoms with Crippen LogP contribution in [0, 0.1) is 5.92 Å². The summed E-state index contributed by atoms with van der Waals surface area (Å²) in [6.07, 6.45) is 5.65. The van der Waals surface area contributed by atoms with Crippen LogP contribution in [-0.4, -0.2) is 7.38 Å². The predicted octanol–water partition coefficient (Wildman–Crippen LogP) is 4.01. The van der Waals surface area contributed by atoms with Gasteiger partial charge < -0.3 is 0 Å². The van der Waals surface area contributed by atoms with Crippen LogP contribution < -0.4 is 0 Å². The molecule has 0 spiro atoms. The Balaban J connectivity index is 2.55. The second-order valence-corrected chi connectivity index (χ2v) is 11.2. The van der Waals surface area contributed by atoms with Crippen LogP contribution in [0.15, 0.2) is 0 Å². The molecule has 0 aliphatic heterocycles. The monoisotopic (exact) mass is 190 g/mol. The Morgan fingerprint density at radius 2 is 1.73 bits per heavy atom. The number of hydrogen-bond acceptors (Lipinski definition) is 0. The summed E-state index contributed by atoms with van der Waals surface area (Å²) in [7, 11) is -1.35. The van der Waals surface area contributed by atoms with Crippen molar-refractivity contribution in [2.45, 2.75) is 51.2 Å². The molecule has 0 amide bonds. The standard InChI is InChI=1S/C9H19ClSi/c1-8-6-4-5-7-9(8)11(2,3)10/h8-9H,4-7H2,1-3H3. The lowest BCUT2D eigenvalue weighted by atomic mass is 9.90. The van der Waals surface area contributed by atoms with Gasteiger partial charge in [0, 0.05) is 0 Å². The summed E-state index contributed by atoms with van der Waals surface area (Å²) < 4.78 is 0. The Labute approximate surface area is 76.0 Å². The zero-order chi connectivity index (χ0) is 8.48. The number of rotatable bonds is 1. The number of halogens is 1. The first kappa shape index (κ1) is 9.59. The fraction of sp³-hybridized carbons (Fsp3) is 1.00. The number of hydrogen-bond donors (Lipinski definition) is 0. The molecule has 0 aromatic rings. The molecule has 0 nitrogen and oxygen atoms in total. The normalized spacial score (nSPS) is 33.8. The van der Waals surface area contributed by atoms with Gasteiger partial charge in [0.2, 0.25) is 0 Å². The maximum Gasteiger partial charge on any atom is 0.153 e. The summed E-state index contributed by atoms with van der Waals surface area (Å²) in [4.78, 5) is 0. The van der Waals surface area contributed by atoms with E-state index in [4.69, 9.17) is 11.1 Å². The molecule has 0 N–H and O–H groups in total. The second-order valence-electron chi connectivity index (χ2n) is 4.43. The fourth-order valence-corrected chi connectivity index (χ4v) is 5.72. The van der Waals surface area contributed by atoms with Crippen molar-refractivity contribution in [2.75, 3.05) is 0 Å². The first-order chi connectivity index (χ1) is 5.02. The van der Waals surface area contributed by atoms with Gasteiger partial charge in [-0.1, -0.05) is 45.7 Å². The van der Waals surface area contributed by atoms with E-state index in [0.717, 1.165) is 11.5 Å². The van der Waals surface area contributed by atoms with E-state index in [1.54, 1.807) is 0 Å². The van der Waals surface area contributed by atoms with Crippen LogP contribution in [0.25, 0.3) is 0 Å². The van der Waals surface area contributed by atoms with E-state index in [0.29, 0.717) is 0 Å². The SMILES string of the molecule is CC1CCCCC1[Si](C)(C)Cl. The molecule has 11 heavy (non-hydrogen) atoms. The van der Waals surface area contributed by atoms with Crippen LogP contribution in [0.2, 0.25) is 18.6 Å². The first-order valence-corrected chi connectivity index (χ1v) is 8.79. The van der Waals surface area contributed by atoms with Crippen LogP contribution >= 0.6 is 11.1 Å². The fourth-order valence-electron chi connectivity index (χ4n) is 2.34. The molecule has 2 atom stereocenters. The Hall–Kier alpha value is 0.507. The van der Waals surface area contributed by atoms with Crippen LogP contribution in [0.5, 0.6) is 0 Å². The van der Waals surface area contributed by atoms with Crippen LogP contribution in [0.4, 0.5) is 0 Å². The highest BCUT2D eigenvalue weighted by Gasteiger charge is 2.35. The lowest BCUT2D eigenvalue weighted by Crippen LogP contribution is -2.32. The van der Waals surface area contributed by atoms with Gasteiger partial charge in [-0.15, -0.1) is 0 Å². The largest absolute Gasteiger partial charge is 0.167 e. The lowest BCUT2D eigenvalue weighted by Gasteiger charge is -2.35. The van der Waals surface area contributed by atoms with Gasteiger partial charge >= 0.3 is 0 Å². The van der Waals surface area contributed by atoms with Gasteiger partial charge in [0.25, 0.3) is 0 Å². The van der Waals surface area contributed by atoms with E-state index in [1.807, 2.05) is 0 Å². The van der Waals surface area contributed by atoms with E-state index in [1.165, 1.54) is 25.7 Å². The molecule has 66 valence electrons. The summed E-state index contributed by atoms with van der Waals surface area (Å²) >= 11 is 6.45. The molecule has 1 aliphatic rings. The van der Waals surface area contributed by atoms with Gasteiger partial charge in [-0.05, 0) is 11.5 Å². The van der Waals surface area contributed by atoms with Crippen molar-refractivity contribution in [3.05, 3.63) is 0 Å². The van der Waals surface area contributed by atoms with E-state index < -0.39 is 7.38 Å². The highest BCUT2D eigenvalue weighted by atomic mass is 35.6. The van der Waals surface area contributed by atoms with Crippen molar-refractivity contribution in [1.29, 1.82) is 0 Å². The van der Waals surface area contributed by atoms with E-state index >= 15 is 0 Å². The van der Waals surface area contributed by atoms with Crippen molar-refractivity contribution in [1.82, 2.24) is 0 Å². The molecule has 1 saturated carbocycles. The highest BCUT2D eigenvalue weighted by Crippen LogP contribution is 2.42. The van der Waals surface area contributed by atoms with Gasteiger partial charge in [-0.3, -0.25) is 0 Å². The third-order valence-corrected chi connectivity index (χ3v) is 6.46. The Kier molecular flexibility index (Phi) is 3.04. The molecule has 2 heteroatoms. The molecule has 1 aliphatic carbocycles. The third kappa shape index (κ3) is 2.48. The predicted molar refractivity (Wildman–Crippen MR) is 54.7 cm³/mol. The van der Waals surface area contributed by atoms with Gasteiger partial charge in [0.05, 0.1) is 0 Å². The summed E-state index contributed by atoms with van der Waals surface area (Å²) in [6.45, 7) is 6.96. The topological polar surface area (TPSA) is 0 Å². The molecule has 1 fully saturated rings. The molecule has 1 rings (SSSR count). The van der Waals surface area contributed by atoms with Crippen LogP contribution in [0.1, 0.15) is 32.6 Å². The maximum atomic E-state index is 6.45. The quantitative estimate of drug-likeness (QED) is 0.433. The van der Waals surface area contributed by atoms with Gasteiger partial charge in [-0.25, -0.2) is 0 Å². The minimum Gasteiger partial charge on any atom is -0.167 e. The molecule has 0 aromatic heterocycles. The molecule has 0 saturated heterocycles. The van der Waals surface area contributed by atoms with Crippen molar-refractivity contribution in [3.63, 3.8) is 0 Å². The van der Waals surface area contributed by atoms with Crippen molar-refractivity contribution in [2.24, 2.45) is 5.92 Å². The molecule has 0 radical (unpaired) electrons. The summed E-state index contributed by atoms with van der Waals surface area (Å²) in [5, 5.41) is 0. The smallest absolute Gasteiger partial charge is 0.153 e. The van der Waals surface area contributed by atoms with E-state index in [-0.39, 0.29) is 0 Å². The molecular formula is C9H19ClSi. The average Bonchev–Trinajstić information content (AvgIpc) is 1.86. The summed E-state index contributed by atoms with van der Waals surface area (Å²) in [5.74, 6) is 0.892. The summed E-state index contributed by atoms with van der Waals surface area (Å²) in [6, 6.07) is 0. The van der Waals surface area contributed by atoms with Crippen molar-refractivity contribution < 1.29 is 0 Å². The Bertz CT molecular complexity index is 128. The van der Waals surface area contributed by atoms with Gasteiger partial charge in [0.1, 0.15) is 0 Å². The minimum absolute atomic E-state index is 0.873. The second kappa shape index (κ2) is 3.49. The van der Waals surface area contributed by atoms with E-state index in [9.17, 15) is 0 Å². The Morgan fingerprint density at radius 1 is 1.18 bits per heavy atom. The first-order valence-electron chi connectivity index (χ1n) is 4.70. The minimum atomic E-state index is -1.35. The lowest BCUT2D eigenvalue weighted by molar-refractivity contribution is 0.378. The van der Waals surface area contributed by atoms with Crippen LogP contribution in [-0.2, 0) is 0 Å². The molecule has 0 bridgehead atoms. The van der Waals surface area contributed by atoms with Crippen molar-refractivity contribution in [3.8, 4) is 0 Å². The van der Waals surface area contributed by atoms with Gasteiger partial charge in [-0.2, -0.15) is 11.1 Å². The highest BCUT2D eigenvalue weighted by molar-refractivity contribution is 7.19. The zero-order valence-corrected chi connectivity index (χ0v) is 9.62. The molecule has 0 heterocycles. The average molecular weight is 191 g/mol. The van der Waals surface area contributed by atoms with Crippen molar-refractivity contribution >= 4 is 18.5 Å². The third-order valence-electron chi connectivity index (χ3n) is 2.99. The maximum absolute atomic E-state index is 6.45. The van der Waals surface area contributed by atoms with Gasteiger partial charge in [0.15, 0.2) is 7.38 Å². The van der Waals surface area contributed by atoms with Crippen LogP contribution in [0.3, 0.4) is 0 Å². The molecular weight excluding hydrogens is 172 g/mol. The molecule has 2 unspecified atom stereocenters. The molecule has 0 aromatic carbocycles. The Morgan fingerprint density at radius 3 is 2.09 bits per heavy atom.